The summed E-state index contributed by atoms with van der Waals surface area (Å²) in [5.41, 5.74) is 0.519. The smallest absolute Gasteiger partial charge is 0.00684 e. The van der Waals surface area contributed by atoms with Crippen LogP contribution < -0.4 is 5.32 Å². The molecule has 0 aromatic rings. The highest BCUT2D eigenvalue weighted by Crippen LogP contribution is 2.37. The molecule has 0 bridgehead atoms. The molecule has 0 heterocycles. The Hall–Kier alpha value is -0.0400. The first-order valence-electron chi connectivity index (χ1n) is 7.83. The van der Waals surface area contributed by atoms with E-state index in [1.807, 2.05) is 0 Å². The largest absolute Gasteiger partial charge is 0.313 e. The molecule has 1 nitrogen and oxygen atoms in total. The summed E-state index contributed by atoms with van der Waals surface area (Å²) in [5.74, 6) is 1.85. The lowest BCUT2D eigenvalue weighted by Crippen LogP contribution is -2.37. The molecule has 2 saturated carbocycles. The van der Waals surface area contributed by atoms with Gasteiger partial charge in [0.25, 0.3) is 0 Å². The van der Waals surface area contributed by atoms with Crippen LogP contribution in [-0.2, 0) is 0 Å². The van der Waals surface area contributed by atoms with Gasteiger partial charge in [0.15, 0.2) is 0 Å². The molecule has 2 aliphatic carbocycles. The fourth-order valence-corrected chi connectivity index (χ4v) is 3.08. The molecule has 17 heavy (non-hydrogen) atoms. The molecular formula is C16H31N. The molecule has 2 fully saturated rings. The SMILES string of the molecule is CC(C)C(C)(CCC1CCCC1)CNC1CC1. The van der Waals surface area contributed by atoms with E-state index in [1.165, 1.54) is 57.9 Å². The van der Waals surface area contributed by atoms with Crippen LogP contribution in [-0.4, -0.2) is 12.6 Å². The van der Waals surface area contributed by atoms with E-state index in [0.717, 1.165) is 17.9 Å². The molecule has 1 unspecified atom stereocenters. The lowest BCUT2D eigenvalue weighted by molar-refractivity contribution is 0.174. The summed E-state index contributed by atoms with van der Waals surface area (Å²) in [4.78, 5) is 0. The highest BCUT2D eigenvalue weighted by Gasteiger charge is 2.32. The third kappa shape index (κ3) is 3.98. The summed E-state index contributed by atoms with van der Waals surface area (Å²) in [6.07, 6.45) is 11.7. The van der Waals surface area contributed by atoms with Crippen molar-refractivity contribution in [3.8, 4) is 0 Å². The molecule has 0 aromatic carbocycles. The van der Waals surface area contributed by atoms with Gasteiger partial charge in [0.2, 0.25) is 0 Å². The van der Waals surface area contributed by atoms with Crippen molar-refractivity contribution in [1.29, 1.82) is 0 Å². The molecule has 0 aromatic heterocycles. The first-order valence-corrected chi connectivity index (χ1v) is 7.83. The van der Waals surface area contributed by atoms with Gasteiger partial charge in [-0.05, 0) is 42.9 Å². The Morgan fingerprint density at radius 3 is 2.29 bits per heavy atom. The molecule has 1 heteroatoms. The Labute approximate surface area is 108 Å². The quantitative estimate of drug-likeness (QED) is 0.693. The fraction of sp³-hybridized carbons (Fsp3) is 1.00. The van der Waals surface area contributed by atoms with E-state index in [0.29, 0.717) is 5.41 Å². The average Bonchev–Trinajstić information content (AvgIpc) is 2.98. The molecule has 0 aliphatic heterocycles. The molecule has 1 atom stereocenters. The lowest BCUT2D eigenvalue weighted by atomic mass is 9.74. The van der Waals surface area contributed by atoms with Crippen molar-refractivity contribution in [2.75, 3.05) is 6.54 Å². The molecule has 100 valence electrons. The summed E-state index contributed by atoms with van der Waals surface area (Å²) < 4.78 is 0. The highest BCUT2D eigenvalue weighted by molar-refractivity contribution is 4.87. The summed E-state index contributed by atoms with van der Waals surface area (Å²) in [7, 11) is 0. The maximum absolute atomic E-state index is 3.75. The zero-order valence-electron chi connectivity index (χ0n) is 12.1. The van der Waals surface area contributed by atoms with Gasteiger partial charge >= 0.3 is 0 Å². The maximum atomic E-state index is 3.75. The minimum Gasteiger partial charge on any atom is -0.313 e. The van der Waals surface area contributed by atoms with Crippen LogP contribution in [0.2, 0.25) is 0 Å². The zero-order valence-corrected chi connectivity index (χ0v) is 12.1. The van der Waals surface area contributed by atoms with E-state index >= 15 is 0 Å². The number of hydrogen-bond acceptors (Lipinski definition) is 1. The molecular weight excluding hydrogens is 206 g/mol. The summed E-state index contributed by atoms with van der Waals surface area (Å²) >= 11 is 0. The van der Waals surface area contributed by atoms with E-state index in [4.69, 9.17) is 0 Å². The van der Waals surface area contributed by atoms with E-state index in [9.17, 15) is 0 Å². The average molecular weight is 237 g/mol. The first-order chi connectivity index (χ1) is 8.10. The second-order valence-corrected chi connectivity index (χ2v) is 7.15. The predicted octanol–water partition coefficient (Wildman–Crippen LogP) is 4.37. The van der Waals surface area contributed by atoms with E-state index in [2.05, 4.69) is 26.1 Å². The monoisotopic (exact) mass is 237 g/mol. The molecule has 0 spiro atoms. The lowest BCUT2D eigenvalue weighted by Gasteiger charge is -2.35. The van der Waals surface area contributed by atoms with Crippen LogP contribution in [0.4, 0.5) is 0 Å². The van der Waals surface area contributed by atoms with Gasteiger partial charge in [-0.25, -0.2) is 0 Å². The third-order valence-corrected chi connectivity index (χ3v) is 5.36. The summed E-state index contributed by atoms with van der Waals surface area (Å²) in [6, 6.07) is 0.861. The van der Waals surface area contributed by atoms with Crippen molar-refractivity contribution < 1.29 is 0 Å². The fourth-order valence-electron chi connectivity index (χ4n) is 3.08. The normalized spacial score (nSPS) is 25.4. The van der Waals surface area contributed by atoms with Crippen molar-refractivity contribution in [3.05, 3.63) is 0 Å². The van der Waals surface area contributed by atoms with Crippen molar-refractivity contribution in [2.45, 2.75) is 78.2 Å². The summed E-state index contributed by atoms with van der Waals surface area (Å²) in [6.45, 7) is 8.55. The van der Waals surface area contributed by atoms with E-state index in [-0.39, 0.29) is 0 Å². The van der Waals surface area contributed by atoms with Gasteiger partial charge < -0.3 is 5.32 Å². The minimum atomic E-state index is 0.519. The maximum Gasteiger partial charge on any atom is 0.00684 e. The van der Waals surface area contributed by atoms with Gasteiger partial charge in [-0.15, -0.1) is 0 Å². The van der Waals surface area contributed by atoms with Crippen LogP contribution in [0.25, 0.3) is 0 Å². The van der Waals surface area contributed by atoms with Gasteiger partial charge in [0, 0.05) is 12.6 Å². The Bertz CT molecular complexity index is 226. The third-order valence-electron chi connectivity index (χ3n) is 5.36. The van der Waals surface area contributed by atoms with Crippen LogP contribution in [0.15, 0.2) is 0 Å². The molecule has 1 N–H and O–H groups in total. The molecule has 0 amide bonds. The first kappa shape index (κ1) is 13.4. The topological polar surface area (TPSA) is 12.0 Å². The highest BCUT2D eigenvalue weighted by atomic mass is 15.0. The second kappa shape index (κ2) is 5.73. The van der Waals surface area contributed by atoms with Crippen LogP contribution >= 0.6 is 0 Å². The zero-order chi connectivity index (χ0) is 12.3. The van der Waals surface area contributed by atoms with Gasteiger partial charge in [0.1, 0.15) is 0 Å². The standard InChI is InChI=1S/C16H31N/c1-13(2)16(3,12-17-15-8-9-15)11-10-14-6-4-5-7-14/h13-15,17H,4-12H2,1-3H3. The van der Waals surface area contributed by atoms with Crippen molar-refractivity contribution in [1.82, 2.24) is 5.32 Å². The summed E-state index contributed by atoms with van der Waals surface area (Å²) in [5, 5.41) is 3.75. The van der Waals surface area contributed by atoms with Gasteiger partial charge in [-0.3, -0.25) is 0 Å². The number of hydrogen-bond donors (Lipinski definition) is 1. The molecule has 0 radical (unpaired) electrons. The predicted molar refractivity (Wildman–Crippen MR) is 75.2 cm³/mol. The van der Waals surface area contributed by atoms with Crippen LogP contribution in [0.3, 0.4) is 0 Å². The minimum absolute atomic E-state index is 0.519. The van der Waals surface area contributed by atoms with Crippen molar-refractivity contribution in [3.63, 3.8) is 0 Å². The Kier molecular flexibility index (Phi) is 4.52. The van der Waals surface area contributed by atoms with Crippen molar-refractivity contribution >= 4 is 0 Å². The van der Waals surface area contributed by atoms with E-state index in [1.54, 1.807) is 0 Å². The van der Waals surface area contributed by atoms with Crippen LogP contribution in [0.1, 0.15) is 72.1 Å². The van der Waals surface area contributed by atoms with Crippen molar-refractivity contribution in [2.24, 2.45) is 17.3 Å². The molecule has 0 saturated heterocycles. The molecule has 2 rings (SSSR count). The second-order valence-electron chi connectivity index (χ2n) is 7.15. The Morgan fingerprint density at radius 2 is 1.76 bits per heavy atom. The van der Waals surface area contributed by atoms with Crippen LogP contribution in [0.5, 0.6) is 0 Å². The number of rotatable bonds is 7. The van der Waals surface area contributed by atoms with Crippen LogP contribution in [0, 0.1) is 17.3 Å². The molecule has 2 aliphatic rings. The van der Waals surface area contributed by atoms with Gasteiger partial charge in [0.05, 0.1) is 0 Å². The van der Waals surface area contributed by atoms with Gasteiger partial charge in [-0.2, -0.15) is 0 Å². The Morgan fingerprint density at radius 1 is 1.12 bits per heavy atom. The number of nitrogens with one attached hydrogen (secondary N) is 1. The van der Waals surface area contributed by atoms with E-state index < -0.39 is 0 Å². The Balaban J connectivity index is 1.76. The van der Waals surface area contributed by atoms with Gasteiger partial charge in [-0.1, -0.05) is 46.5 Å².